The summed E-state index contributed by atoms with van der Waals surface area (Å²) in [6.07, 6.45) is 0. The molecule has 2 N–H and O–H groups in total. The molecule has 0 aliphatic heterocycles. The molecule has 3 aromatic carbocycles. The molecule has 0 saturated carbocycles. The van der Waals surface area contributed by atoms with Crippen LogP contribution in [0.5, 0.6) is 11.5 Å². The quantitative estimate of drug-likeness (QED) is 0.203. The number of aromatic hydroxyl groups is 2. The molecule has 0 amide bonds. The fraction of sp³-hybridized carbons (Fsp3) is 0. The summed E-state index contributed by atoms with van der Waals surface area (Å²) in [4.78, 5) is 10.6. The second-order valence-corrected chi connectivity index (χ2v) is 7.69. The van der Waals surface area contributed by atoms with E-state index in [1.165, 1.54) is 24.3 Å². The number of phenolic OH excluding ortho intramolecular Hbond substituents is 2. The summed E-state index contributed by atoms with van der Waals surface area (Å²) in [6.45, 7) is 0. The van der Waals surface area contributed by atoms with Crippen molar-refractivity contribution in [2.75, 3.05) is 0 Å². The van der Waals surface area contributed by atoms with E-state index in [4.69, 9.17) is 0 Å². The van der Waals surface area contributed by atoms with Gasteiger partial charge in [0.2, 0.25) is 0 Å². The Hall–Kier alpha value is -1.82. The Balaban J connectivity index is 0.00000261. The topological polar surface area (TPSA) is 141 Å². The summed E-state index contributed by atoms with van der Waals surface area (Å²) in [7, 11) is -4.74. The molecule has 0 heterocycles. The minimum Gasteiger partial charge on any atom is -0.744 e. The molecule has 11 heteroatoms. The van der Waals surface area contributed by atoms with Crippen LogP contribution in [0.25, 0.3) is 10.8 Å². The molecule has 0 atom stereocenters. The summed E-state index contributed by atoms with van der Waals surface area (Å²) in [6, 6.07) is 10.3. The van der Waals surface area contributed by atoms with Crippen LogP contribution < -0.4 is 29.6 Å². The first kappa shape index (κ1) is 21.5. The van der Waals surface area contributed by atoms with Gasteiger partial charge in [-0.3, -0.25) is 10.1 Å². The van der Waals surface area contributed by atoms with E-state index in [1.807, 2.05) is 0 Å². The molecule has 0 saturated heterocycles. The van der Waals surface area contributed by atoms with E-state index >= 15 is 0 Å². The Morgan fingerprint density at radius 2 is 1.63 bits per heavy atom. The minimum absolute atomic E-state index is 0. The van der Waals surface area contributed by atoms with Gasteiger partial charge in [-0.05, 0) is 30.3 Å². The second kappa shape index (κ2) is 8.05. The summed E-state index contributed by atoms with van der Waals surface area (Å²) < 4.78 is 33.8. The maximum Gasteiger partial charge on any atom is 1.00 e. The standard InChI is InChI=1S/C16H11NO7S2.Na/c18-13-8-15(25-14-4-2-1-3-12(14)17(20)21)11-7-9(26(22,23)24)5-6-10(11)16(13)19;/h1-8,18-19H,(H,22,23,24);/q;+1/p-1. The van der Waals surface area contributed by atoms with Crippen molar-refractivity contribution in [3.05, 3.63) is 58.6 Å². The Kier molecular flexibility index (Phi) is 6.40. The van der Waals surface area contributed by atoms with Crippen molar-refractivity contribution < 1.29 is 57.7 Å². The van der Waals surface area contributed by atoms with Gasteiger partial charge in [-0.25, -0.2) is 8.42 Å². The van der Waals surface area contributed by atoms with Crippen LogP contribution in [0.1, 0.15) is 0 Å². The van der Waals surface area contributed by atoms with Crippen LogP contribution >= 0.6 is 11.8 Å². The van der Waals surface area contributed by atoms with Gasteiger partial charge in [0.15, 0.2) is 11.5 Å². The number of nitro groups is 1. The predicted molar refractivity (Wildman–Crippen MR) is 92.5 cm³/mol. The van der Waals surface area contributed by atoms with Crippen LogP contribution in [0, 0.1) is 10.1 Å². The normalized spacial score (nSPS) is 11.1. The third-order valence-corrected chi connectivity index (χ3v) is 5.55. The summed E-state index contributed by atoms with van der Waals surface area (Å²) in [5.74, 6) is -0.960. The molecule has 0 radical (unpaired) electrons. The number of hydrogen-bond donors (Lipinski definition) is 2. The van der Waals surface area contributed by atoms with Gasteiger partial charge < -0.3 is 14.8 Å². The second-order valence-electron chi connectivity index (χ2n) is 5.23. The van der Waals surface area contributed by atoms with E-state index in [-0.39, 0.29) is 55.8 Å². The third kappa shape index (κ3) is 4.37. The molecule has 0 aromatic heterocycles. The Morgan fingerprint density at radius 3 is 2.26 bits per heavy atom. The van der Waals surface area contributed by atoms with Gasteiger partial charge in [0.25, 0.3) is 5.69 Å². The van der Waals surface area contributed by atoms with Crippen LogP contribution in [0.4, 0.5) is 5.69 Å². The molecular weight excluding hydrogens is 405 g/mol. The minimum atomic E-state index is -4.74. The predicted octanol–water partition coefficient (Wildman–Crippen LogP) is 0.219. The zero-order chi connectivity index (χ0) is 19.1. The van der Waals surface area contributed by atoms with Crippen LogP contribution in [-0.2, 0) is 10.1 Å². The number of rotatable bonds is 4. The monoisotopic (exact) mass is 415 g/mol. The first-order valence-electron chi connectivity index (χ1n) is 7.04. The number of para-hydroxylation sites is 1. The van der Waals surface area contributed by atoms with Crippen molar-refractivity contribution >= 4 is 38.3 Å². The number of nitro benzene ring substituents is 1. The maximum atomic E-state index is 11.3. The molecule has 3 aromatic rings. The van der Waals surface area contributed by atoms with Gasteiger partial charge in [-0.1, -0.05) is 23.9 Å². The van der Waals surface area contributed by atoms with E-state index < -0.39 is 31.4 Å². The Labute approximate surface area is 180 Å². The fourth-order valence-electron chi connectivity index (χ4n) is 2.39. The molecule has 3 rings (SSSR count). The van der Waals surface area contributed by atoms with E-state index in [2.05, 4.69) is 0 Å². The van der Waals surface area contributed by atoms with E-state index in [9.17, 15) is 33.3 Å². The zero-order valence-corrected chi connectivity index (χ0v) is 17.5. The molecule has 134 valence electrons. The van der Waals surface area contributed by atoms with Crippen molar-refractivity contribution in [3.63, 3.8) is 0 Å². The van der Waals surface area contributed by atoms with Gasteiger partial charge in [0.1, 0.15) is 10.1 Å². The molecule has 8 nitrogen and oxygen atoms in total. The van der Waals surface area contributed by atoms with Crippen molar-refractivity contribution in [2.45, 2.75) is 14.7 Å². The Morgan fingerprint density at radius 1 is 0.963 bits per heavy atom. The smallest absolute Gasteiger partial charge is 0.744 e. The first-order chi connectivity index (χ1) is 12.2. The number of fused-ring (bicyclic) bond motifs is 1. The van der Waals surface area contributed by atoms with E-state index in [0.717, 1.165) is 30.0 Å². The number of phenols is 2. The van der Waals surface area contributed by atoms with Gasteiger partial charge in [0.05, 0.1) is 14.7 Å². The fourth-order valence-corrected chi connectivity index (χ4v) is 3.97. The van der Waals surface area contributed by atoms with Gasteiger partial charge in [0, 0.05) is 21.7 Å². The molecule has 0 spiro atoms. The number of nitrogens with zero attached hydrogens (tertiary/aromatic N) is 1. The average Bonchev–Trinajstić information content (AvgIpc) is 2.58. The molecule has 0 unspecified atom stereocenters. The molecular formula is C16H10NNaO7S2. The van der Waals surface area contributed by atoms with E-state index in [1.54, 1.807) is 6.07 Å². The van der Waals surface area contributed by atoms with Crippen molar-refractivity contribution in [1.29, 1.82) is 0 Å². The first-order valence-corrected chi connectivity index (χ1v) is 9.27. The third-order valence-electron chi connectivity index (χ3n) is 3.59. The summed E-state index contributed by atoms with van der Waals surface area (Å²) in [5, 5.41) is 31.3. The van der Waals surface area contributed by atoms with Crippen molar-refractivity contribution in [3.8, 4) is 11.5 Å². The number of hydrogen-bond acceptors (Lipinski definition) is 8. The number of benzene rings is 3. The average molecular weight is 415 g/mol. The van der Waals surface area contributed by atoms with Crippen LogP contribution in [-0.4, -0.2) is 28.1 Å². The SMILES string of the molecule is O=[N+]([O-])c1ccccc1Sc1cc(O)c(O)c2ccc(S(=O)(=O)[O-])cc12.[Na+]. The Bertz CT molecular complexity index is 1150. The van der Waals surface area contributed by atoms with Crippen molar-refractivity contribution in [1.82, 2.24) is 0 Å². The largest absolute Gasteiger partial charge is 1.00 e. The summed E-state index contributed by atoms with van der Waals surface area (Å²) >= 11 is 0.905. The van der Waals surface area contributed by atoms with Gasteiger partial charge >= 0.3 is 29.6 Å². The summed E-state index contributed by atoms with van der Waals surface area (Å²) in [5.41, 5.74) is -0.175. The maximum absolute atomic E-state index is 11.3. The molecule has 0 bridgehead atoms. The van der Waals surface area contributed by atoms with Crippen LogP contribution in [0.3, 0.4) is 0 Å². The molecule has 0 fully saturated rings. The molecule has 27 heavy (non-hydrogen) atoms. The molecule has 0 aliphatic rings. The zero-order valence-electron chi connectivity index (χ0n) is 13.8. The van der Waals surface area contributed by atoms with Gasteiger partial charge in [-0.2, -0.15) is 0 Å². The van der Waals surface area contributed by atoms with Gasteiger partial charge in [-0.15, -0.1) is 0 Å². The van der Waals surface area contributed by atoms with E-state index in [0.29, 0.717) is 0 Å². The molecule has 0 aliphatic carbocycles. The van der Waals surface area contributed by atoms with Crippen LogP contribution in [0.15, 0.2) is 63.2 Å². The van der Waals surface area contributed by atoms with Crippen LogP contribution in [0.2, 0.25) is 0 Å². The van der Waals surface area contributed by atoms with Crippen molar-refractivity contribution in [2.24, 2.45) is 0 Å².